The molecule has 2 heterocycles. The molecule has 1 aromatic heterocycles. The van der Waals surface area contributed by atoms with Gasteiger partial charge in [-0.05, 0) is 43.5 Å². The van der Waals surface area contributed by atoms with Gasteiger partial charge in [0.25, 0.3) is 0 Å². The molecule has 1 aliphatic heterocycles. The molecule has 0 aliphatic carbocycles. The second kappa shape index (κ2) is 5.70. The zero-order chi connectivity index (χ0) is 13.0. The highest BCUT2D eigenvalue weighted by molar-refractivity contribution is 5.41. The summed E-state index contributed by atoms with van der Waals surface area (Å²) in [4.78, 5) is 6.87. The van der Waals surface area contributed by atoms with Gasteiger partial charge in [-0.25, -0.2) is 0 Å². The Balaban J connectivity index is 1.93. The van der Waals surface area contributed by atoms with Crippen molar-refractivity contribution in [1.29, 1.82) is 0 Å². The molecule has 0 radical (unpaired) electrons. The van der Waals surface area contributed by atoms with E-state index in [-0.39, 0.29) is 0 Å². The molecule has 0 bridgehead atoms. The summed E-state index contributed by atoms with van der Waals surface area (Å²) in [6, 6.07) is 3.84. The number of piperidine rings is 1. The Morgan fingerprint density at radius 1 is 1.28 bits per heavy atom. The quantitative estimate of drug-likeness (QED) is 0.889. The Hall–Kier alpha value is -1.09. The zero-order valence-electron chi connectivity index (χ0n) is 11.7. The molecule has 0 unspecified atom stereocenters. The highest BCUT2D eigenvalue weighted by Gasteiger charge is 2.31. The molecule has 0 spiro atoms. The summed E-state index contributed by atoms with van der Waals surface area (Å²) in [7, 11) is 0. The molecule has 3 nitrogen and oxygen atoms in total. The van der Waals surface area contributed by atoms with Crippen LogP contribution in [0.1, 0.15) is 45.2 Å². The van der Waals surface area contributed by atoms with Gasteiger partial charge in [0, 0.05) is 12.7 Å². The molecular formula is C15H25N3. The fraction of sp³-hybridized carbons (Fsp3) is 0.667. The van der Waals surface area contributed by atoms with Gasteiger partial charge in [-0.2, -0.15) is 0 Å². The number of hydrogen-bond acceptors (Lipinski definition) is 3. The van der Waals surface area contributed by atoms with Crippen LogP contribution in [-0.2, 0) is 6.54 Å². The normalized spacial score (nSPS) is 19.9. The van der Waals surface area contributed by atoms with E-state index in [4.69, 9.17) is 5.73 Å². The van der Waals surface area contributed by atoms with Crippen molar-refractivity contribution in [2.45, 2.75) is 46.1 Å². The molecule has 18 heavy (non-hydrogen) atoms. The maximum atomic E-state index is 5.95. The van der Waals surface area contributed by atoms with Crippen molar-refractivity contribution in [3.63, 3.8) is 0 Å². The van der Waals surface area contributed by atoms with Crippen LogP contribution in [0.3, 0.4) is 0 Å². The molecule has 0 atom stereocenters. The minimum atomic E-state index is 0.589. The highest BCUT2D eigenvalue weighted by atomic mass is 15.1. The van der Waals surface area contributed by atoms with Crippen LogP contribution in [0, 0.1) is 5.41 Å². The Labute approximate surface area is 110 Å². The molecule has 2 N–H and O–H groups in total. The molecule has 1 fully saturated rings. The maximum absolute atomic E-state index is 5.95. The van der Waals surface area contributed by atoms with Crippen LogP contribution >= 0.6 is 0 Å². The summed E-state index contributed by atoms with van der Waals surface area (Å²) in [6.45, 7) is 7.91. The van der Waals surface area contributed by atoms with Crippen molar-refractivity contribution in [3.05, 3.63) is 24.0 Å². The third-order valence-electron chi connectivity index (χ3n) is 4.72. The number of nitrogens with two attached hydrogens (primary N) is 1. The second-order valence-corrected chi connectivity index (χ2v) is 5.52. The monoisotopic (exact) mass is 247 g/mol. The molecule has 0 saturated carbocycles. The molecule has 1 saturated heterocycles. The first kappa shape index (κ1) is 13.3. The smallest absolute Gasteiger partial charge is 0.0772 e. The van der Waals surface area contributed by atoms with E-state index in [2.05, 4.69) is 23.7 Å². The fourth-order valence-electron chi connectivity index (χ4n) is 2.94. The fourth-order valence-corrected chi connectivity index (χ4v) is 2.94. The van der Waals surface area contributed by atoms with Crippen molar-refractivity contribution >= 4 is 5.69 Å². The van der Waals surface area contributed by atoms with Crippen molar-refractivity contribution in [3.8, 4) is 0 Å². The molecule has 1 aliphatic rings. The Kier molecular flexibility index (Phi) is 4.23. The predicted molar refractivity (Wildman–Crippen MR) is 76.2 cm³/mol. The van der Waals surface area contributed by atoms with E-state index in [0.29, 0.717) is 5.41 Å². The number of nitrogen functional groups attached to an aromatic ring is 1. The van der Waals surface area contributed by atoms with E-state index >= 15 is 0 Å². The number of pyridine rings is 1. The van der Waals surface area contributed by atoms with Gasteiger partial charge >= 0.3 is 0 Å². The van der Waals surface area contributed by atoms with E-state index in [1.54, 1.807) is 0 Å². The van der Waals surface area contributed by atoms with E-state index < -0.39 is 0 Å². The lowest BCUT2D eigenvalue weighted by Gasteiger charge is -2.41. The van der Waals surface area contributed by atoms with Crippen molar-refractivity contribution in [1.82, 2.24) is 9.88 Å². The zero-order valence-corrected chi connectivity index (χ0v) is 11.7. The first-order valence-electron chi connectivity index (χ1n) is 7.11. The van der Waals surface area contributed by atoms with Crippen LogP contribution in [0.2, 0.25) is 0 Å². The first-order valence-corrected chi connectivity index (χ1v) is 7.11. The van der Waals surface area contributed by atoms with Gasteiger partial charge in [0.2, 0.25) is 0 Å². The third kappa shape index (κ3) is 2.83. The lowest BCUT2D eigenvalue weighted by Crippen LogP contribution is -2.39. The summed E-state index contributed by atoms with van der Waals surface area (Å²) in [5.41, 5.74) is 8.39. The number of anilines is 1. The third-order valence-corrected chi connectivity index (χ3v) is 4.72. The van der Waals surface area contributed by atoms with Gasteiger partial charge in [0.15, 0.2) is 0 Å². The number of nitrogens with zero attached hydrogens (tertiary/aromatic N) is 2. The Morgan fingerprint density at radius 2 is 1.94 bits per heavy atom. The van der Waals surface area contributed by atoms with E-state index in [1.807, 2.05) is 18.3 Å². The average molecular weight is 247 g/mol. The molecule has 0 aromatic carbocycles. The van der Waals surface area contributed by atoms with Crippen LogP contribution < -0.4 is 5.73 Å². The Bertz CT molecular complexity index is 375. The summed E-state index contributed by atoms with van der Waals surface area (Å²) in [6.07, 6.45) is 7.07. The number of rotatable bonds is 4. The molecule has 3 heteroatoms. The predicted octanol–water partition coefficient (Wildman–Crippen LogP) is 3.07. The number of aromatic nitrogens is 1. The van der Waals surface area contributed by atoms with Crippen LogP contribution in [0.5, 0.6) is 0 Å². The summed E-state index contributed by atoms with van der Waals surface area (Å²) in [5, 5.41) is 0. The van der Waals surface area contributed by atoms with Crippen molar-refractivity contribution in [2.75, 3.05) is 18.8 Å². The van der Waals surface area contributed by atoms with Crippen LogP contribution in [0.15, 0.2) is 18.3 Å². The SMILES string of the molecule is CCC1(CC)CCN(Cc2ncccc2N)CC1. The van der Waals surface area contributed by atoms with Crippen molar-refractivity contribution < 1.29 is 0 Å². The van der Waals surface area contributed by atoms with Crippen LogP contribution in [0.4, 0.5) is 5.69 Å². The second-order valence-electron chi connectivity index (χ2n) is 5.52. The largest absolute Gasteiger partial charge is 0.397 e. The molecule has 100 valence electrons. The highest BCUT2D eigenvalue weighted by Crippen LogP contribution is 2.38. The topological polar surface area (TPSA) is 42.2 Å². The summed E-state index contributed by atoms with van der Waals surface area (Å²) < 4.78 is 0. The van der Waals surface area contributed by atoms with Gasteiger partial charge in [0.1, 0.15) is 0 Å². The van der Waals surface area contributed by atoms with E-state index in [9.17, 15) is 0 Å². The number of hydrogen-bond donors (Lipinski definition) is 1. The lowest BCUT2D eigenvalue weighted by atomic mass is 9.74. The van der Waals surface area contributed by atoms with Gasteiger partial charge in [-0.1, -0.05) is 26.7 Å². The molecule has 2 rings (SSSR count). The minimum Gasteiger partial charge on any atom is -0.397 e. The van der Waals surface area contributed by atoms with E-state index in [1.165, 1.54) is 38.8 Å². The standard InChI is InChI=1S/C15H25N3/c1-3-15(4-2)7-10-18(11-8-15)12-14-13(16)6-5-9-17-14/h5-6,9H,3-4,7-8,10-12,16H2,1-2H3. The maximum Gasteiger partial charge on any atom is 0.0772 e. The van der Waals surface area contributed by atoms with Crippen molar-refractivity contribution in [2.24, 2.45) is 5.41 Å². The number of likely N-dealkylation sites (tertiary alicyclic amines) is 1. The summed E-state index contributed by atoms with van der Waals surface area (Å²) in [5.74, 6) is 0. The molecule has 1 aromatic rings. The van der Waals surface area contributed by atoms with Crippen LogP contribution in [0.25, 0.3) is 0 Å². The molecule has 0 amide bonds. The van der Waals surface area contributed by atoms with Gasteiger partial charge in [0.05, 0.1) is 11.4 Å². The first-order chi connectivity index (χ1) is 8.69. The van der Waals surface area contributed by atoms with Gasteiger partial charge < -0.3 is 5.73 Å². The summed E-state index contributed by atoms with van der Waals surface area (Å²) >= 11 is 0. The van der Waals surface area contributed by atoms with Gasteiger partial charge in [-0.3, -0.25) is 9.88 Å². The molecular weight excluding hydrogens is 222 g/mol. The lowest BCUT2D eigenvalue weighted by molar-refractivity contribution is 0.0902. The van der Waals surface area contributed by atoms with E-state index in [0.717, 1.165) is 17.9 Å². The minimum absolute atomic E-state index is 0.589. The Morgan fingerprint density at radius 3 is 2.50 bits per heavy atom. The van der Waals surface area contributed by atoms with Crippen LogP contribution in [-0.4, -0.2) is 23.0 Å². The van der Waals surface area contributed by atoms with Gasteiger partial charge in [-0.15, -0.1) is 0 Å². The average Bonchev–Trinajstić information content (AvgIpc) is 2.43.